The van der Waals surface area contributed by atoms with Gasteiger partial charge in [-0.2, -0.15) is 0 Å². The first kappa shape index (κ1) is 87.3. The monoisotopic (exact) mass is 1180 g/mol. The van der Waals surface area contributed by atoms with E-state index in [1.54, 1.807) is 0 Å². The molecule has 0 aromatic heterocycles. The molecule has 0 spiro atoms. The molecule has 0 radical (unpaired) electrons. The Morgan fingerprint density at radius 2 is 0.309 bits per heavy atom. The van der Waals surface area contributed by atoms with Gasteiger partial charge in [-0.3, -0.25) is 19.2 Å². The number of allylic oxidation sites excluding steroid dienone is 8. The smallest absolute Gasteiger partial charge is 0.303 e. The summed E-state index contributed by atoms with van der Waals surface area (Å²) in [5.41, 5.74) is 0. The molecule has 0 saturated heterocycles. The molecule has 0 heterocycles. The molecule has 0 aromatic carbocycles. The van der Waals surface area contributed by atoms with Gasteiger partial charge in [0.2, 0.25) is 0 Å². The van der Waals surface area contributed by atoms with Crippen LogP contribution in [0.25, 0.3) is 0 Å². The van der Waals surface area contributed by atoms with Crippen LogP contribution < -0.4 is 0 Å². The van der Waals surface area contributed by atoms with Gasteiger partial charge in [-0.15, -0.1) is 0 Å². The first-order valence-electron chi connectivity index (χ1n) is 34.6. The molecule has 0 aliphatic carbocycles. The molecule has 0 amide bonds. The normalized spacial score (nSPS) is 11.1. The molecule has 81 heavy (non-hydrogen) atoms. The molecular formula is C72H136O8Ti. The largest absolute Gasteiger partial charge is 0.481 e. The number of carboxylic acid groups (broad SMARTS) is 4. The van der Waals surface area contributed by atoms with Crippen molar-refractivity contribution in [3.8, 4) is 0 Å². The SMILES string of the molecule is CCCCCCCCC=CCCCCCCCC(=O)O.CCCCCCCCC=CCCCCCCCC(=O)O.CCCCCCCCC=CCCCCCCCC(=O)O.CCCCCCCCC=CCCCCCCCC(=O)O.[Ti]. The topological polar surface area (TPSA) is 149 Å². The molecule has 0 unspecified atom stereocenters. The predicted octanol–water partition coefficient (Wildman–Crippen LogP) is 24.4. The zero-order valence-corrected chi connectivity index (χ0v) is 55.7. The summed E-state index contributed by atoms with van der Waals surface area (Å²) in [6.07, 6.45) is 85.0. The maximum Gasteiger partial charge on any atom is 0.303 e. The van der Waals surface area contributed by atoms with E-state index in [2.05, 4.69) is 76.3 Å². The fourth-order valence-corrected chi connectivity index (χ4v) is 9.39. The van der Waals surface area contributed by atoms with Gasteiger partial charge < -0.3 is 20.4 Å². The van der Waals surface area contributed by atoms with E-state index in [9.17, 15) is 19.2 Å². The Kier molecular flexibility index (Phi) is 90.6. The maximum atomic E-state index is 10.3. The standard InChI is InChI=1S/4C18H34O2.Ti/c4*1-2-3-4-5-6-7-8-9-10-11-12-13-14-15-16-17-18(19)20;/h4*9-10H,2-8,11-17H2,1H3,(H,19,20);. The summed E-state index contributed by atoms with van der Waals surface area (Å²) in [5.74, 6) is -2.66. The van der Waals surface area contributed by atoms with Crippen LogP contribution >= 0.6 is 0 Å². The molecular weight excluding hydrogens is 1040 g/mol. The van der Waals surface area contributed by atoms with Crippen molar-refractivity contribution in [2.75, 3.05) is 0 Å². The van der Waals surface area contributed by atoms with E-state index in [-0.39, 0.29) is 21.7 Å². The number of hydrogen-bond acceptors (Lipinski definition) is 4. The zero-order chi connectivity index (χ0) is 59.6. The quantitative estimate of drug-likeness (QED) is 0.0267. The summed E-state index contributed by atoms with van der Waals surface area (Å²) in [5, 5.41) is 34.0. The first-order valence-corrected chi connectivity index (χ1v) is 34.6. The summed E-state index contributed by atoms with van der Waals surface area (Å²) in [6, 6.07) is 0. The fraction of sp³-hybridized carbons (Fsp3) is 0.833. The Balaban J connectivity index is -0.000000316. The van der Waals surface area contributed by atoms with Crippen molar-refractivity contribution in [1.82, 2.24) is 0 Å². The van der Waals surface area contributed by atoms with Gasteiger partial charge in [0, 0.05) is 47.4 Å². The molecule has 0 bridgehead atoms. The van der Waals surface area contributed by atoms with Gasteiger partial charge in [-0.1, -0.05) is 282 Å². The van der Waals surface area contributed by atoms with Crippen LogP contribution in [0.5, 0.6) is 0 Å². The van der Waals surface area contributed by atoms with Gasteiger partial charge >= 0.3 is 23.9 Å². The van der Waals surface area contributed by atoms with Crippen molar-refractivity contribution < 1.29 is 61.3 Å². The van der Waals surface area contributed by atoms with E-state index in [0.717, 1.165) is 51.4 Å². The molecule has 476 valence electrons. The maximum absolute atomic E-state index is 10.3. The van der Waals surface area contributed by atoms with Crippen molar-refractivity contribution in [2.45, 2.75) is 387 Å². The third kappa shape index (κ3) is 103. The van der Waals surface area contributed by atoms with Crippen LogP contribution in [0.3, 0.4) is 0 Å². The average molecular weight is 1180 g/mol. The number of aliphatic carboxylic acids is 4. The molecule has 9 heteroatoms. The van der Waals surface area contributed by atoms with Crippen LogP contribution in [-0.4, -0.2) is 44.3 Å². The second-order valence-corrected chi connectivity index (χ2v) is 22.9. The van der Waals surface area contributed by atoms with Crippen LogP contribution in [0.2, 0.25) is 0 Å². The summed E-state index contributed by atoms with van der Waals surface area (Å²) < 4.78 is 0. The average Bonchev–Trinajstić information content (AvgIpc) is 3.43. The van der Waals surface area contributed by atoms with Gasteiger partial charge in [-0.25, -0.2) is 0 Å². The summed E-state index contributed by atoms with van der Waals surface area (Å²) >= 11 is 0. The summed E-state index contributed by atoms with van der Waals surface area (Å²) in [4.78, 5) is 41.3. The van der Waals surface area contributed by atoms with E-state index in [0.29, 0.717) is 25.7 Å². The molecule has 0 saturated carbocycles. The Morgan fingerprint density at radius 3 is 0.432 bits per heavy atom. The van der Waals surface area contributed by atoms with Crippen LogP contribution in [0.1, 0.15) is 387 Å². The number of rotatable bonds is 60. The predicted molar refractivity (Wildman–Crippen MR) is 348 cm³/mol. The molecule has 0 aromatic rings. The molecule has 0 aliphatic heterocycles. The third-order valence-corrected chi connectivity index (χ3v) is 14.6. The summed E-state index contributed by atoms with van der Waals surface area (Å²) in [6.45, 7) is 9.04. The zero-order valence-electron chi connectivity index (χ0n) is 54.1. The number of carbonyl (C=O) groups is 4. The van der Waals surface area contributed by atoms with Crippen LogP contribution in [0, 0.1) is 0 Å². The van der Waals surface area contributed by atoms with Gasteiger partial charge in [0.05, 0.1) is 0 Å². The van der Waals surface area contributed by atoms with E-state index in [1.807, 2.05) is 0 Å². The van der Waals surface area contributed by atoms with Crippen molar-refractivity contribution in [1.29, 1.82) is 0 Å². The summed E-state index contributed by atoms with van der Waals surface area (Å²) in [7, 11) is 0. The van der Waals surface area contributed by atoms with Crippen molar-refractivity contribution in [3.63, 3.8) is 0 Å². The minimum Gasteiger partial charge on any atom is -0.481 e. The van der Waals surface area contributed by atoms with E-state index < -0.39 is 23.9 Å². The first-order chi connectivity index (χ1) is 39.1. The Morgan fingerprint density at radius 1 is 0.198 bits per heavy atom. The number of hydrogen-bond donors (Lipinski definition) is 4. The van der Waals surface area contributed by atoms with E-state index in [1.165, 1.54) is 283 Å². The Hall–Kier alpha value is -2.45. The molecule has 8 nitrogen and oxygen atoms in total. The van der Waals surface area contributed by atoms with Crippen LogP contribution in [0.4, 0.5) is 0 Å². The van der Waals surface area contributed by atoms with Gasteiger partial charge in [0.25, 0.3) is 0 Å². The number of unbranched alkanes of at least 4 members (excludes halogenated alkanes) is 44. The Labute approximate surface area is 518 Å². The van der Waals surface area contributed by atoms with Gasteiger partial charge in [0.15, 0.2) is 0 Å². The Bertz CT molecular complexity index is 1140. The van der Waals surface area contributed by atoms with Crippen LogP contribution in [-0.2, 0) is 40.9 Å². The number of carboxylic acids is 4. The molecule has 0 aliphatic rings. The molecule has 0 fully saturated rings. The van der Waals surface area contributed by atoms with Crippen molar-refractivity contribution >= 4 is 23.9 Å². The molecule has 4 N–H and O–H groups in total. The molecule has 0 rings (SSSR count). The van der Waals surface area contributed by atoms with E-state index >= 15 is 0 Å². The molecule has 0 atom stereocenters. The van der Waals surface area contributed by atoms with Crippen molar-refractivity contribution in [2.24, 2.45) is 0 Å². The minimum absolute atomic E-state index is 0. The van der Waals surface area contributed by atoms with Crippen LogP contribution in [0.15, 0.2) is 48.6 Å². The van der Waals surface area contributed by atoms with E-state index in [4.69, 9.17) is 20.4 Å². The van der Waals surface area contributed by atoms with Gasteiger partial charge in [0.1, 0.15) is 0 Å². The minimum atomic E-state index is -0.664. The second-order valence-electron chi connectivity index (χ2n) is 22.9. The second kappa shape index (κ2) is 84.0. The van der Waals surface area contributed by atoms with Crippen molar-refractivity contribution in [3.05, 3.63) is 48.6 Å². The van der Waals surface area contributed by atoms with Gasteiger partial charge in [-0.05, 0) is 128 Å². The third-order valence-electron chi connectivity index (χ3n) is 14.6. The fourth-order valence-electron chi connectivity index (χ4n) is 9.39.